The number of aryl methyl sites for hydroxylation is 1. The summed E-state index contributed by atoms with van der Waals surface area (Å²) in [5, 5.41) is 11.2. The summed E-state index contributed by atoms with van der Waals surface area (Å²) in [5.74, 6) is -1.07. The van der Waals surface area contributed by atoms with E-state index in [0.717, 1.165) is 0 Å². The monoisotopic (exact) mass is 210 g/mol. The fraction of sp³-hybridized carbons (Fsp3) is 0.400. The van der Waals surface area contributed by atoms with Crippen LogP contribution in [0.2, 0.25) is 0 Å². The lowest BCUT2D eigenvalue weighted by Crippen LogP contribution is -2.37. The van der Waals surface area contributed by atoms with Gasteiger partial charge in [0, 0.05) is 25.0 Å². The van der Waals surface area contributed by atoms with E-state index in [2.05, 4.69) is 5.32 Å². The van der Waals surface area contributed by atoms with E-state index in [1.54, 1.807) is 23.0 Å². The van der Waals surface area contributed by atoms with Crippen LogP contribution >= 0.6 is 0 Å². The van der Waals surface area contributed by atoms with Gasteiger partial charge in [-0.25, -0.2) is 0 Å². The molecular weight excluding hydrogens is 196 g/mol. The first-order valence-electron chi connectivity index (χ1n) is 4.62. The van der Waals surface area contributed by atoms with Crippen molar-refractivity contribution < 1.29 is 14.7 Å². The highest BCUT2D eigenvalue weighted by Crippen LogP contribution is 2.00. The van der Waals surface area contributed by atoms with Crippen molar-refractivity contribution in [3.8, 4) is 0 Å². The van der Waals surface area contributed by atoms with E-state index in [0.29, 0.717) is 5.56 Å². The number of carboxylic acids is 1. The van der Waals surface area contributed by atoms with Crippen molar-refractivity contribution in [3.05, 3.63) is 24.0 Å². The number of rotatable bonds is 5. The molecule has 1 heterocycles. The maximum Gasteiger partial charge on any atom is 0.320 e. The smallest absolute Gasteiger partial charge is 0.320 e. The van der Waals surface area contributed by atoms with Gasteiger partial charge in [-0.1, -0.05) is 0 Å². The van der Waals surface area contributed by atoms with Gasteiger partial charge in [0.15, 0.2) is 5.78 Å². The summed E-state index contributed by atoms with van der Waals surface area (Å²) in [6, 6.07) is 0.993. The van der Waals surface area contributed by atoms with Crippen molar-refractivity contribution in [2.45, 2.75) is 13.0 Å². The third-order valence-corrected chi connectivity index (χ3v) is 2.09. The van der Waals surface area contributed by atoms with E-state index >= 15 is 0 Å². The number of nitrogens with zero attached hydrogens (tertiary/aromatic N) is 1. The van der Waals surface area contributed by atoms with Crippen LogP contribution < -0.4 is 5.32 Å². The van der Waals surface area contributed by atoms with Crippen molar-refractivity contribution in [2.24, 2.45) is 7.05 Å². The van der Waals surface area contributed by atoms with Gasteiger partial charge in [-0.15, -0.1) is 0 Å². The number of ketones is 1. The van der Waals surface area contributed by atoms with Crippen molar-refractivity contribution >= 4 is 11.8 Å². The Balaban J connectivity index is 2.47. The zero-order valence-electron chi connectivity index (χ0n) is 8.73. The highest BCUT2D eigenvalue weighted by molar-refractivity contribution is 5.97. The van der Waals surface area contributed by atoms with Crippen LogP contribution in [0, 0.1) is 0 Å². The summed E-state index contributed by atoms with van der Waals surface area (Å²) in [6.07, 6.45) is 3.48. The first-order chi connectivity index (χ1) is 7.00. The molecule has 0 fully saturated rings. The number of aliphatic carboxylic acids is 1. The summed E-state index contributed by atoms with van der Waals surface area (Å²) in [7, 11) is 1.82. The molecule has 82 valence electrons. The second-order valence-electron chi connectivity index (χ2n) is 3.43. The number of Topliss-reactive ketones (excluding diaryl/α,β-unsaturated/α-hetero) is 1. The Kier molecular flexibility index (Phi) is 3.62. The van der Waals surface area contributed by atoms with Crippen LogP contribution in [0.25, 0.3) is 0 Å². The third-order valence-electron chi connectivity index (χ3n) is 2.09. The van der Waals surface area contributed by atoms with Crippen molar-refractivity contribution in [2.75, 3.05) is 6.54 Å². The standard InChI is InChI=1S/C10H14N2O3/c1-7(10(14)15)11-5-9(13)8-3-4-12(2)6-8/h3-4,6-7,11H,5H2,1-2H3,(H,14,15). The summed E-state index contributed by atoms with van der Waals surface area (Å²) in [4.78, 5) is 22.0. The van der Waals surface area contributed by atoms with Crippen LogP contribution in [-0.4, -0.2) is 34.0 Å². The van der Waals surface area contributed by atoms with Gasteiger partial charge in [-0.3, -0.25) is 14.9 Å². The number of carboxylic acid groups (broad SMARTS) is 1. The average molecular weight is 210 g/mol. The minimum Gasteiger partial charge on any atom is -0.480 e. The maximum atomic E-state index is 11.5. The Hall–Kier alpha value is -1.62. The first kappa shape index (κ1) is 11.5. The Bertz CT molecular complexity index is 370. The molecule has 1 atom stereocenters. The topological polar surface area (TPSA) is 71.3 Å². The molecule has 0 amide bonds. The zero-order valence-corrected chi connectivity index (χ0v) is 8.73. The number of carbonyl (C=O) groups is 2. The van der Waals surface area contributed by atoms with Gasteiger partial charge in [0.25, 0.3) is 0 Å². The first-order valence-corrected chi connectivity index (χ1v) is 4.62. The predicted molar refractivity (Wildman–Crippen MR) is 54.8 cm³/mol. The molecule has 2 N–H and O–H groups in total. The van der Waals surface area contributed by atoms with Gasteiger partial charge in [0.1, 0.15) is 6.04 Å². The molecule has 0 aliphatic carbocycles. The van der Waals surface area contributed by atoms with E-state index in [4.69, 9.17) is 5.11 Å². The summed E-state index contributed by atoms with van der Waals surface area (Å²) < 4.78 is 1.77. The molecule has 0 spiro atoms. The van der Waals surface area contributed by atoms with Gasteiger partial charge in [0.2, 0.25) is 0 Å². The van der Waals surface area contributed by atoms with Crippen LogP contribution in [0.15, 0.2) is 18.5 Å². The maximum absolute atomic E-state index is 11.5. The lowest BCUT2D eigenvalue weighted by molar-refractivity contribution is -0.138. The molecule has 0 saturated heterocycles. The second-order valence-corrected chi connectivity index (χ2v) is 3.43. The van der Waals surface area contributed by atoms with Crippen LogP contribution in [0.5, 0.6) is 0 Å². The minimum absolute atomic E-state index is 0.0392. The number of nitrogens with one attached hydrogen (secondary N) is 1. The van der Waals surface area contributed by atoms with Crippen LogP contribution in [0.3, 0.4) is 0 Å². The van der Waals surface area contributed by atoms with E-state index in [1.807, 2.05) is 7.05 Å². The molecule has 15 heavy (non-hydrogen) atoms. The van der Waals surface area contributed by atoms with Gasteiger partial charge < -0.3 is 9.67 Å². The Morgan fingerprint density at radius 2 is 2.27 bits per heavy atom. The second kappa shape index (κ2) is 4.75. The average Bonchev–Trinajstić information content (AvgIpc) is 2.60. The molecular formula is C10H14N2O3. The highest BCUT2D eigenvalue weighted by Gasteiger charge is 2.13. The van der Waals surface area contributed by atoms with Gasteiger partial charge in [0.05, 0.1) is 6.54 Å². The van der Waals surface area contributed by atoms with Crippen LogP contribution in [0.1, 0.15) is 17.3 Å². The lowest BCUT2D eigenvalue weighted by atomic mass is 10.2. The molecule has 0 saturated carbocycles. The molecule has 1 unspecified atom stereocenters. The quantitative estimate of drug-likeness (QED) is 0.684. The molecule has 1 aromatic rings. The van der Waals surface area contributed by atoms with E-state index < -0.39 is 12.0 Å². The van der Waals surface area contributed by atoms with E-state index in [9.17, 15) is 9.59 Å². The van der Waals surface area contributed by atoms with Crippen molar-refractivity contribution in [3.63, 3.8) is 0 Å². The molecule has 5 heteroatoms. The zero-order chi connectivity index (χ0) is 11.4. The number of carbonyl (C=O) groups excluding carboxylic acids is 1. The van der Waals surface area contributed by atoms with Crippen LogP contribution in [0.4, 0.5) is 0 Å². The SMILES string of the molecule is CC(NCC(=O)c1ccn(C)c1)C(=O)O. The molecule has 0 radical (unpaired) electrons. The largest absolute Gasteiger partial charge is 0.480 e. The van der Waals surface area contributed by atoms with Crippen molar-refractivity contribution in [1.82, 2.24) is 9.88 Å². The summed E-state index contributed by atoms with van der Waals surface area (Å²) >= 11 is 0. The molecule has 1 rings (SSSR count). The highest BCUT2D eigenvalue weighted by atomic mass is 16.4. The minimum atomic E-state index is -0.962. The lowest BCUT2D eigenvalue weighted by Gasteiger charge is -2.06. The number of hydrogen-bond donors (Lipinski definition) is 2. The molecule has 0 aliphatic rings. The molecule has 5 nitrogen and oxygen atoms in total. The Labute approximate surface area is 87.7 Å². The fourth-order valence-electron chi connectivity index (χ4n) is 1.10. The number of aromatic nitrogens is 1. The normalized spacial score (nSPS) is 12.4. The van der Waals surface area contributed by atoms with E-state index in [1.165, 1.54) is 6.92 Å². The third kappa shape index (κ3) is 3.21. The molecule has 0 aromatic carbocycles. The van der Waals surface area contributed by atoms with E-state index in [-0.39, 0.29) is 12.3 Å². The van der Waals surface area contributed by atoms with Gasteiger partial charge in [-0.2, -0.15) is 0 Å². The van der Waals surface area contributed by atoms with Gasteiger partial charge in [-0.05, 0) is 13.0 Å². The Morgan fingerprint density at radius 1 is 1.60 bits per heavy atom. The van der Waals surface area contributed by atoms with Crippen molar-refractivity contribution in [1.29, 1.82) is 0 Å². The molecule has 1 aromatic heterocycles. The summed E-state index contributed by atoms with van der Waals surface area (Å²) in [5.41, 5.74) is 0.586. The van der Waals surface area contributed by atoms with Crippen LogP contribution in [-0.2, 0) is 11.8 Å². The van der Waals surface area contributed by atoms with Gasteiger partial charge >= 0.3 is 5.97 Å². The number of hydrogen-bond acceptors (Lipinski definition) is 3. The predicted octanol–water partition coefficient (Wildman–Crippen LogP) is 0.271. The Morgan fingerprint density at radius 3 is 2.73 bits per heavy atom. The summed E-state index contributed by atoms with van der Waals surface area (Å²) in [6.45, 7) is 1.54. The molecule has 0 bridgehead atoms. The fourth-order valence-corrected chi connectivity index (χ4v) is 1.10. The molecule has 0 aliphatic heterocycles.